The van der Waals surface area contributed by atoms with Crippen LogP contribution in [0, 0.1) is 0 Å². The van der Waals surface area contributed by atoms with Crippen LogP contribution in [0.5, 0.6) is 5.75 Å². The number of amides is 1. The largest absolute Gasteiger partial charge is 0.480 e. The molecule has 1 heterocycles. The number of hydrogen-bond acceptors (Lipinski definition) is 3. The van der Waals surface area contributed by atoms with E-state index in [9.17, 15) is 9.90 Å². The van der Waals surface area contributed by atoms with Crippen molar-refractivity contribution < 1.29 is 14.6 Å². The summed E-state index contributed by atoms with van der Waals surface area (Å²) >= 11 is 9.23. The summed E-state index contributed by atoms with van der Waals surface area (Å²) in [6.45, 7) is 4.50. The van der Waals surface area contributed by atoms with Crippen LogP contribution in [-0.2, 0) is 4.79 Å². The topological polar surface area (TPSA) is 49.8 Å². The minimum absolute atomic E-state index is 0.113. The third-order valence-electron chi connectivity index (χ3n) is 3.54. The van der Waals surface area contributed by atoms with Crippen molar-refractivity contribution in [2.75, 3.05) is 13.1 Å². The fourth-order valence-corrected chi connectivity index (χ4v) is 3.29. The van der Waals surface area contributed by atoms with Crippen molar-refractivity contribution in [2.45, 2.75) is 38.4 Å². The van der Waals surface area contributed by atoms with Gasteiger partial charge in [0.25, 0.3) is 5.91 Å². The van der Waals surface area contributed by atoms with Crippen LogP contribution in [0.15, 0.2) is 22.7 Å². The Morgan fingerprint density at radius 2 is 2.24 bits per heavy atom. The molecule has 1 fully saturated rings. The lowest BCUT2D eigenvalue weighted by Gasteiger charge is -2.47. The van der Waals surface area contributed by atoms with Gasteiger partial charge >= 0.3 is 0 Å². The molecule has 0 saturated carbocycles. The van der Waals surface area contributed by atoms with Crippen molar-refractivity contribution in [1.29, 1.82) is 0 Å². The molecule has 0 radical (unpaired) electrons. The smallest absolute Gasteiger partial charge is 0.263 e. The zero-order valence-electron chi connectivity index (χ0n) is 12.1. The number of hydrogen-bond donors (Lipinski definition) is 1. The Morgan fingerprint density at radius 3 is 2.81 bits per heavy atom. The van der Waals surface area contributed by atoms with E-state index in [1.165, 1.54) is 0 Å². The number of benzene rings is 1. The standard InChI is InChI=1S/C15H19BrClNO3/c1-3-6-15(20)8-18(9-15)14(19)10(2)21-13-5-4-11(17)7-12(13)16/h4-5,7,10,20H,3,6,8-9H2,1-2H3. The number of aliphatic hydroxyl groups is 1. The Bertz CT molecular complexity index is 532. The van der Waals surface area contributed by atoms with E-state index in [0.717, 1.165) is 12.8 Å². The molecule has 1 aliphatic rings. The van der Waals surface area contributed by atoms with E-state index < -0.39 is 11.7 Å². The maximum Gasteiger partial charge on any atom is 0.263 e. The molecular formula is C15H19BrClNO3. The van der Waals surface area contributed by atoms with Crippen molar-refractivity contribution >= 4 is 33.4 Å². The first-order chi connectivity index (χ1) is 9.84. The average Bonchev–Trinajstić information content (AvgIpc) is 2.38. The lowest BCUT2D eigenvalue weighted by Crippen LogP contribution is -2.65. The predicted octanol–water partition coefficient (Wildman–Crippen LogP) is 3.24. The molecule has 21 heavy (non-hydrogen) atoms. The molecule has 1 aromatic rings. The van der Waals surface area contributed by atoms with E-state index in [1.807, 2.05) is 6.92 Å². The molecule has 116 valence electrons. The first-order valence-electron chi connectivity index (χ1n) is 6.97. The van der Waals surface area contributed by atoms with E-state index in [-0.39, 0.29) is 5.91 Å². The van der Waals surface area contributed by atoms with Gasteiger partial charge < -0.3 is 14.7 Å². The van der Waals surface area contributed by atoms with Crippen molar-refractivity contribution in [2.24, 2.45) is 0 Å². The Balaban J connectivity index is 1.92. The summed E-state index contributed by atoms with van der Waals surface area (Å²) in [7, 11) is 0. The lowest BCUT2D eigenvalue weighted by molar-refractivity contribution is -0.162. The minimum Gasteiger partial charge on any atom is -0.480 e. The fourth-order valence-electron chi connectivity index (χ4n) is 2.51. The molecule has 1 aliphatic heterocycles. The predicted molar refractivity (Wildman–Crippen MR) is 85.7 cm³/mol. The highest BCUT2D eigenvalue weighted by atomic mass is 79.9. The molecule has 1 amide bonds. The number of carbonyl (C=O) groups is 1. The van der Waals surface area contributed by atoms with Crippen LogP contribution < -0.4 is 4.74 Å². The summed E-state index contributed by atoms with van der Waals surface area (Å²) in [4.78, 5) is 13.9. The van der Waals surface area contributed by atoms with E-state index in [0.29, 0.717) is 28.3 Å². The quantitative estimate of drug-likeness (QED) is 0.858. The molecule has 0 spiro atoms. The van der Waals surface area contributed by atoms with E-state index >= 15 is 0 Å². The molecular weight excluding hydrogens is 358 g/mol. The summed E-state index contributed by atoms with van der Waals surface area (Å²) in [6, 6.07) is 5.15. The van der Waals surface area contributed by atoms with E-state index in [2.05, 4.69) is 15.9 Å². The molecule has 1 saturated heterocycles. The second-order valence-corrected chi connectivity index (χ2v) is 6.79. The monoisotopic (exact) mass is 375 g/mol. The third-order valence-corrected chi connectivity index (χ3v) is 4.40. The SMILES string of the molecule is CCCC1(O)CN(C(=O)C(C)Oc2ccc(Cl)cc2Br)C1. The van der Waals surface area contributed by atoms with Gasteiger partial charge in [0.1, 0.15) is 5.75 Å². The number of nitrogens with zero attached hydrogens (tertiary/aromatic N) is 1. The van der Waals surface area contributed by atoms with Gasteiger partial charge in [0.2, 0.25) is 0 Å². The number of rotatable bonds is 5. The molecule has 0 aromatic heterocycles. The van der Waals surface area contributed by atoms with Gasteiger partial charge in [-0.15, -0.1) is 0 Å². The van der Waals surface area contributed by atoms with Crippen LogP contribution in [0.4, 0.5) is 0 Å². The Labute approximate surface area is 138 Å². The van der Waals surface area contributed by atoms with Gasteiger partial charge in [-0.2, -0.15) is 0 Å². The molecule has 2 rings (SSSR count). The van der Waals surface area contributed by atoms with Crippen molar-refractivity contribution in [1.82, 2.24) is 4.90 Å². The molecule has 1 aromatic carbocycles. The van der Waals surface area contributed by atoms with Crippen LogP contribution in [0.25, 0.3) is 0 Å². The van der Waals surface area contributed by atoms with Crippen molar-refractivity contribution in [3.8, 4) is 5.75 Å². The maximum absolute atomic E-state index is 12.2. The number of halogens is 2. The summed E-state index contributed by atoms with van der Waals surface area (Å²) in [6.07, 6.45) is 1.02. The number of likely N-dealkylation sites (tertiary alicyclic amines) is 1. The van der Waals surface area contributed by atoms with Crippen LogP contribution >= 0.6 is 27.5 Å². The maximum atomic E-state index is 12.2. The van der Waals surface area contributed by atoms with E-state index in [4.69, 9.17) is 16.3 Å². The first-order valence-corrected chi connectivity index (χ1v) is 8.14. The van der Waals surface area contributed by atoms with Gasteiger partial charge in [0, 0.05) is 5.02 Å². The molecule has 1 N–H and O–H groups in total. The van der Waals surface area contributed by atoms with Gasteiger partial charge in [0.15, 0.2) is 6.10 Å². The summed E-state index contributed by atoms with van der Waals surface area (Å²) in [5.41, 5.74) is -0.717. The van der Waals surface area contributed by atoms with Crippen molar-refractivity contribution in [3.05, 3.63) is 27.7 Å². The Morgan fingerprint density at radius 1 is 1.57 bits per heavy atom. The van der Waals surface area contributed by atoms with Crippen LogP contribution in [0.1, 0.15) is 26.7 Å². The van der Waals surface area contributed by atoms with Crippen LogP contribution in [0.3, 0.4) is 0 Å². The molecule has 0 aliphatic carbocycles. The van der Waals surface area contributed by atoms with Gasteiger partial charge in [-0.25, -0.2) is 0 Å². The molecule has 0 bridgehead atoms. The Hall–Kier alpha value is -0.780. The second kappa shape index (κ2) is 6.55. The van der Waals surface area contributed by atoms with Gasteiger partial charge in [-0.3, -0.25) is 4.79 Å². The highest BCUT2D eigenvalue weighted by molar-refractivity contribution is 9.10. The number of ether oxygens (including phenoxy) is 1. The number of β-amino-alcohol motifs (C(OH)–C–C–N with tert-alkyl or cyclic N) is 1. The summed E-state index contributed by atoms with van der Waals surface area (Å²) in [5, 5.41) is 10.7. The molecule has 1 atom stereocenters. The van der Waals surface area contributed by atoms with Crippen molar-refractivity contribution in [3.63, 3.8) is 0 Å². The first kappa shape index (κ1) is 16.6. The zero-order valence-corrected chi connectivity index (χ0v) is 14.4. The lowest BCUT2D eigenvalue weighted by atomic mass is 9.89. The van der Waals surface area contributed by atoms with Gasteiger partial charge in [0.05, 0.1) is 23.2 Å². The fraction of sp³-hybridized carbons (Fsp3) is 0.533. The zero-order chi connectivity index (χ0) is 15.6. The molecule has 6 heteroatoms. The molecule has 4 nitrogen and oxygen atoms in total. The van der Waals surface area contributed by atoms with Crippen LogP contribution in [0.2, 0.25) is 5.02 Å². The normalized spacial score (nSPS) is 18.0. The highest BCUT2D eigenvalue weighted by Gasteiger charge is 2.44. The molecule has 1 unspecified atom stereocenters. The summed E-state index contributed by atoms with van der Waals surface area (Å²) < 4.78 is 6.38. The summed E-state index contributed by atoms with van der Waals surface area (Å²) in [5.74, 6) is 0.460. The van der Waals surface area contributed by atoms with Gasteiger partial charge in [-0.05, 0) is 47.5 Å². The Kier molecular flexibility index (Phi) is 5.17. The van der Waals surface area contributed by atoms with E-state index in [1.54, 1.807) is 30.0 Å². The van der Waals surface area contributed by atoms with Crippen LogP contribution in [-0.4, -0.2) is 40.7 Å². The minimum atomic E-state index is -0.717. The number of carbonyl (C=O) groups excluding carboxylic acids is 1. The second-order valence-electron chi connectivity index (χ2n) is 5.50. The average molecular weight is 377 g/mol. The third kappa shape index (κ3) is 3.90. The van der Waals surface area contributed by atoms with Gasteiger partial charge in [-0.1, -0.05) is 24.9 Å². The highest BCUT2D eigenvalue weighted by Crippen LogP contribution is 2.30.